The number of thiophene rings is 1. The molecule has 2 amide bonds. The normalized spacial score (nSPS) is 16.7. The van der Waals surface area contributed by atoms with E-state index >= 15 is 0 Å². The zero-order chi connectivity index (χ0) is 19.8. The van der Waals surface area contributed by atoms with Crippen molar-refractivity contribution >= 4 is 39.1 Å². The number of aromatic nitrogens is 2. The fourth-order valence-electron chi connectivity index (χ4n) is 3.29. The number of amides is 2. The number of nitrogens with zero attached hydrogens (tertiary/aromatic N) is 3. The van der Waals surface area contributed by atoms with E-state index in [1.54, 1.807) is 4.90 Å². The minimum absolute atomic E-state index is 0.102. The third kappa shape index (κ3) is 3.31. The average Bonchev–Trinajstić information content (AvgIpc) is 3.28. The summed E-state index contributed by atoms with van der Waals surface area (Å²) < 4.78 is 1.11. The van der Waals surface area contributed by atoms with Gasteiger partial charge in [0.15, 0.2) is 0 Å². The molecule has 3 heterocycles. The highest BCUT2D eigenvalue weighted by atomic mass is 32.1. The molecule has 8 heteroatoms. The molecule has 1 aromatic carbocycles. The molecule has 1 fully saturated rings. The zero-order valence-corrected chi connectivity index (χ0v) is 16.5. The molecule has 1 unspecified atom stereocenters. The molecule has 1 saturated heterocycles. The minimum atomic E-state index is -0.523. The molecule has 4 rings (SSSR count). The molecule has 0 saturated carbocycles. The highest BCUT2D eigenvalue weighted by Crippen LogP contribution is 2.26. The fourth-order valence-corrected chi connectivity index (χ4v) is 4.22. The molecule has 0 spiro atoms. The summed E-state index contributed by atoms with van der Waals surface area (Å²) in [6, 6.07) is 9.43. The fraction of sp³-hybridized carbons (Fsp3) is 0.300. The average molecular weight is 396 g/mol. The number of carbonyl (C=O) groups is 2. The Morgan fingerprint density at radius 2 is 2.04 bits per heavy atom. The molecule has 0 aliphatic carbocycles. The van der Waals surface area contributed by atoms with Crippen LogP contribution in [0.4, 0.5) is 5.69 Å². The number of carbonyl (C=O) groups excluding carboxylic acids is 2. The zero-order valence-electron chi connectivity index (χ0n) is 15.6. The topological polar surface area (TPSA) is 84.3 Å². The van der Waals surface area contributed by atoms with E-state index in [0.717, 1.165) is 27.2 Å². The van der Waals surface area contributed by atoms with Crippen molar-refractivity contribution in [1.29, 1.82) is 0 Å². The Hall–Kier alpha value is -3.00. The summed E-state index contributed by atoms with van der Waals surface area (Å²) in [5.41, 5.74) is 4.17. The van der Waals surface area contributed by atoms with Crippen molar-refractivity contribution in [3.8, 4) is 0 Å². The molecule has 7 nitrogen and oxygen atoms in total. The van der Waals surface area contributed by atoms with Crippen LogP contribution in [0.25, 0.3) is 10.2 Å². The van der Waals surface area contributed by atoms with Gasteiger partial charge in [-0.2, -0.15) is 0 Å². The number of nitrogens with one attached hydrogen (secondary N) is 1. The van der Waals surface area contributed by atoms with E-state index in [2.05, 4.69) is 10.4 Å². The Balaban J connectivity index is 1.52. The lowest BCUT2D eigenvalue weighted by Crippen LogP contribution is -2.37. The van der Waals surface area contributed by atoms with Crippen molar-refractivity contribution in [1.82, 2.24) is 9.66 Å². The lowest BCUT2D eigenvalue weighted by molar-refractivity contribution is -0.123. The van der Waals surface area contributed by atoms with Crippen LogP contribution in [0.15, 0.2) is 41.5 Å². The van der Waals surface area contributed by atoms with Gasteiger partial charge in [0.1, 0.15) is 11.2 Å². The van der Waals surface area contributed by atoms with Gasteiger partial charge in [-0.05, 0) is 31.5 Å². The van der Waals surface area contributed by atoms with E-state index in [4.69, 9.17) is 0 Å². The van der Waals surface area contributed by atoms with Crippen LogP contribution in [0.2, 0.25) is 0 Å². The van der Waals surface area contributed by atoms with Crippen LogP contribution >= 0.6 is 11.3 Å². The molecule has 0 bridgehead atoms. The first-order valence-corrected chi connectivity index (χ1v) is 9.96. The second kappa shape index (κ2) is 7.20. The first-order chi connectivity index (χ1) is 13.5. The van der Waals surface area contributed by atoms with Gasteiger partial charge in [0.2, 0.25) is 11.8 Å². The Kier molecular flexibility index (Phi) is 4.72. The van der Waals surface area contributed by atoms with E-state index in [1.165, 1.54) is 17.7 Å². The van der Waals surface area contributed by atoms with Gasteiger partial charge in [0.05, 0.1) is 11.3 Å². The molecule has 0 radical (unpaired) electrons. The van der Waals surface area contributed by atoms with Crippen molar-refractivity contribution in [2.45, 2.75) is 26.7 Å². The molecular formula is C20H20N4O3S. The molecule has 1 aliphatic heterocycles. The lowest BCUT2D eigenvalue weighted by Gasteiger charge is -2.17. The summed E-state index contributed by atoms with van der Waals surface area (Å²) in [6.45, 7) is 4.28. The summed E-state index contributed by atoms with van der Waals surface area (Å²) in [6.07, 6.45) is 2.27. The van der Waals surface area contributed by atoms with Crippen LogP contribution < -0.4 is 15.9 Å². The maximum Gasteiger partial charge on any atom is 0.280 e. The first kappa shape index (κ1) is 18.4. The van der Waals surface area contributed by atoms with Gasteiger partial charge >= 0.3 is 0 Å². The van der Waals surface area contributed by atoms with Crippen molar-refractivity contribution in [3.05, 3.63) is 57.5 Å². The van der Waals surface area contributed by atoms with Crippen molar-refractivity contribution in [3.63, 3.8) is 0 Å². The molecule has 144 valence electrons. The smallest absolute Gasteiger partial charge is 0.280 e. The SMILES string of the molecule is CCc1cc2c(=O)n(NC(=O)C3CC(=O)N(c4ccc(C)cc4)C3)cnc2s1. The predicted molar refractivity (Wildman–Crippen MR) is 109 cm³/mol. The van der Waals surface area contributed by atoms with E-state index < -0.39 is 5.92 Å². The number of hydrogen-bond acceptors (Lipinski definition) is 5. The van der Waals surface area contributed by atoms with Crippen LogP contribution in [0, 0.1) is 12.8 Å². The van der Waals surface area contributed by atoms with Gasteiger partial charge in [0.25, 0.3) is 5.56 Å². The van der Waals surface area contributed by atoms with Crippen molar-refractivity contribution in [2.24, 2.45) is 5.92 Å². The Labute approximate surface area is 165 Å². The first-order valence-electron chi connectivity index (χ1n) is 9.14. The van der Waals surface area contributed by atoms with Gasteiger partial charge in [-0.3, -0.25) is 19.8 Å². The van der Waals surface area contributed by atoms with Crippen molar-refractivity contribution < 1.29 is 9.59 Å². The lowest BCUT2D eigenvalue weighted by atomic mass is 10.1. The Morgan fingerprint density at radius 1 is 1.29 bits per heavy atom. The highest BCUT2D eigenvalue weighted by Gasteiger charge is 2.35. The summed E-state index contributed by atoms with van der Waals surface area (Å²) in [4.78, 5) is 45.3. The molecule has 3 aromatic rings. The second-order valence-corrected chi connectivity index (χ2v) is 8.04. The van der Waals surface area contributed by atoms with Crippen molar-refractivity contribution in [2.75, 3.05) is 16.9 Å². The van der Waals surface area contributed by atoms with E-state index in [1.807, 2.05) is 44.2 Å². The predicted octanol–water partition coefficient (Wildman–Crippen LogP) is 2.45. The third-order valence-corrected chi connectivity index (χ3v) is 6.11. The van der Waals surface area contributed by atoms with Gasteiger partial charge in [-0.1, -0.05) is 24.6 Å². The molecule has 28 heavy (non-hydrogen) atoms. The van der Waals surface area contributed by atoms with Crippen LogP contribution in [-0.4, -0.2) is 28.0 Å². The third-order valence-electron chi connectivity index (χ3n) is 4.92. The van der Waals surface area contributed by atoms with Crippen LogP contribution in [-0.2, 0) is 16.0 Å². The molecule has 1 atom stereocenters. The summed E-state index contributed by atoms with van der Waals surface area (Å²) in [7, 11) is 0. The molecule has 1 N–H and O–H groups in total. The second-order valence-electron chi connectivity index (χ2n) is 6.92. The number of fused-ring (bicyclic) bond motifs is 1. The number of rotatable bonds is 4. The van der Waals surface area contributed by atoms with Crippen LogP contribution in [0.1, 0.15) is 23.8 Å². The van der Waals surface area contributed by atoms with E-state index in [0.29, 0.717) is 10.2 Å². The number of hydrogen-bond donors (Lipinski definition) is 1. The van der Waals surface area contributed by atoms with Crippen LogP contribution in [0.3, 0.4) is 0 Å². The van der Waals surface area contributed by atoms with E-state index in [9.17, 15) is 14.4 Å². The maximum atomic E-state index is 12.7. The van der Waals surface area contributed by atoms with Gasteiger partial charge in [-0.25, -0.2) is 9.66 Å². The molecule has 1 aliphatic rings. The maximum absolute atomic E-state index is 12.7. The molecule has 2 aromatic heterocycles. The number of benzene rings is 1. The van der Waals surface area contributed by atoms with Crippen LogP contribution in [0.5, 0.6) is 0 Å². The quantitative estimate of drug-likeness (QED) is 0.734. The summed E-state index contributed by atoms with van der Waals surface area (Å²) >= 11 is 1.48. The Bertz CT molecular complexity index is 1120. The standard InChI is InChI=1S/C20H20N4O3S/c1-3-15-9-16-19(28-15)21-11-24(20(16)27)22-18(26)13-8-17(25)23(10-13)14-6-4-12(2)5-7-14/h4-7,9,11,13H,3,8,10H2,1-2H3,(H,22,26). The molecular weight excluding hydrogens is 376 g/mol. The minimum Gasteiger partial charge on any atom is -0.312 e. The van der Waals surface area contributed by atoms with Gasteiger partial charge in [0, 0.05) is 23.5 Å². The number of anilines is 1. The largest absolute Gasteiger partial charge is 0.312 e. The summed E-state index contributed by atoms with van der Waals surface area (Å²) in [5.74, 6) is -0.988. The number of aryl methyl sites for hydroxylation is 2. The van der Waals surface area contributed by atoms with Gasteiger partial charge in [-0.15, -0.1) is 11.3 Å². The summed E-state index contributed by atoms with van der Waals surface area (Å²) in [5, 5.41) is 0.494. The monoisotopic (exact) mass is 396 g/mol. The van der Waals surface area contributed by atoms with E-state index in [-0.39, 0.29) is 30.3 Å². The highest BCUT2D eigenvalue weighted by molar-refractivity contribution is 7.18. The Morgan fingerprint density at radius 3 is 2.75 bits per heavy atom. The van der Waals surface area contributed by atoms with Gasteiger partial charge < -0.3 is 4.90 Å².